The van der Waals surface area contributed by atoms with Crippen molar-refractivity contribution in [1.82, 2.24) is 5.32 Å². The van der Waals surface area contributed by atoms with Gasteiger partial charge in [0.15, 0.2) is 0 Å². The molecular formula is C18H30N2. The van der Waals surface area contributed by atoms with E-state index in [0.29, 0.717) is 5.41 Å². The quantitative estimate of drug-likeness (QED) is 0.892. The lowest BCUT2D eigenvalue weighted by atomic mass is 9.93. The molecule has 1 aliphatic heterocycles. The third-order valence-electron chi connectivity index (χ3n) is 4.18. The monoisotopic (exact) mass is 274 g/mol. The maximum Gasteiger partial charge on any atom is 0.0369 e. The lowest BCUT2D eigenvalue weighted by molar-refractivity contribution is 0.418. The second-order valence-corrected chi connectivity index (χ2v) is 8.05. The molecule has 2 heteroatoms. The number of nitrogens with zero attached hydrogens (tertiary/aromatic N) is 1. The summed E-state index contributed by atoms with van der Waals surface area (Å²) in [6.07, 6.45) is 1.29. The van der Waals surface area contributed by atoms with Crippen LogP contribution in [0.25, 0.3) is 0 Å². The van der Waals surface area contributed by atoms with E-state index >= 15 is 0 Å². The third kappa shape index (κ3) is 3.99. The fourth-order valence-corrected chi connectivity index (χ4v) is 2.77. The molecule has 0 bridgehead atoms. The van der Waals surface area contributed by atoms with Crippen LogP contribution in [0.5, 0.6) is 0 Å². The van der Waals surface area contributed by atoms with E-state index in [0.717, 1.165) is 6.54 Å². The minimum absolute atomic E-state index is 0.171. The maximum atomic E-state index is 3.57. The highest BCUT2D eigenvalue weighted by atomic mass is 15.2. The highest BCUT2D eigenvalue weighted by molar-refractivity contribution is 5.52. The van der Waals surface area contributed by atoms with Crippen LogP contribution in [0.15, 0.2) is 18.2 Å². The smallest absolute Gasteiger partial charge is 0.0369 e. The van der Waals surface area contributed by atoms with Crippen molar-refractivity contribution in [3.8, 4) is 0 Å². The van der Waals surface area contributed by atoms with E-state index in [1.165, 1.54) is 36.3 Å². The van der Waals surface area contributed by atoms with E-state index in [4.69, 9.17) is 0 Å². The molecule has 0 aliphatic carbocycles. The second-order valence-electron chi connectivity index (χ2n) is 8.05. The molecule has 0 atom stereocenters. The van der Waals surface area contributed by atoms with Crippen LogP contribution < -0.4 is 10.2 Å². The summed E-state index contributed by atoms with van der Waals surface area (Å²) >= 11 is 0. The Bertz CT molecular complexity index is 469. The number of rotatable bonds is 3. The molecule has 1 aromatic rings. The predicted octanol–water partition coefficient (Wildman–Crippen LogP) is 4.12. The summed E-state index contributed by atoms with van der Waals surface area (Å²) in [6, 6.07) is 6.92. The van der Waals surface area contributed by atoms with Gasteiger partial charge < -0.3 is 10.2 Å². The molecule has 1 fully saturated rings. The van der Waals surface area contributed by atoms with Crippen molar-refractivity contribution >= 4 is 5.69 Å². The molecular weight excluding hydrogens is 244 g/mol. The lowest BCUT2D eigenvalue weighted by Gasteiger charge is -2.24. The minimum Gasteiger partial charge on any atom is -0.371 e. The molecule has 0 saturated carbocycles. The van der Waals surface area contributed by atoms with Crippen LogP contribution in [0.4, 0.5) is 5.69 Å². The van der Waals surface area contributed by atoms with Gasteiger partial charge in [-0.15, -0.1) is 0 Å². The molecule has 1 saturated heterocycles. The summed E-state index contributed by atoms with van der Waals surface area (Å²) in [7, 11) is 0. The number of nitrogens with one attached hydrogen (secondary N) is 1. The topological polar surface area (TPSA) is 15.3 Å². The molecule has 2 nitrogen and oxygen atoms in total. The first-order chi connectivity index (χ1) is 9.16. The molecule has 1 heterocycles. The van der Waals surface area contributed by atoms with Crippen molar-refractivity contribution in [3.63, 3.8) is 0 Å². The number of aryl methyl sites for hydroxylation is 1. The number of anilines is 1. The molecule has 1 N–H and O–H groups in total. The SMILES string of the molecule is Cc1cc(N2CCC(C)(C)C2)ccc1CNC(C)(C)C. The number of benzene rings is 1. The average Bonchev–Trinajstić information content (AvgIpc) is 2.67. The van der Waals surface area contributed by atoms with Crippen LogP contribution >= 0.6 is 0 Å². The fraction of sp³-hybridized carbons (Fsp3) is 0.667. The van der Waals surface area contributed by atoms with Crippen LogP contribution in [0.1, 0.15) is 52.2 Å². The number of hydrogen-bond acceptors (Lipinski definition) is 2. The molecule has 20 heavy (non-hydrogen) atoms. The highest BCUT2D eigenvalue weighted by Crippen LogP contribution is 2.33. The first kappa shape index (κ1) is 15.4. The first-order valence-electron chi connectivity index (χ1n) is 7.76. The van der Waals surface area contributed by atoms with Crippen LogP contribution in [0.2, 0.25) is 0 Å². The summed E-state index contributed by atoms with van der Waals surface area (Å²) < 4.78 is 0. The molecule has 1 aromatic carbocycles. The van der Waals surface area contributed by atoms with Crippen molar-refractivity contribution in [2.45, 2.75) is 60.0 Å². The van der Waals surface area contributed by atoms with Gasteiger partial charge in [0.2, 0.25) is 0 Å². The first-order valence-corrected chi connectivity index (χ1v) is 7.76. The third-order valence-corrected chi connectivity index (χ3v) is 4.18. The maximum absolute atomic E-state index is 3.57. The van der Waals surface area contributed by atoms with Gasteiger partial charge in [-0.2, -0.15) is 0 Å². The van der Waals surface area contributed by atoms with Crippen molar-refractivity contribution in [2.75, 3.05) is 18.0 Å². The molecule has 2 rings (SSSR count). The molecule has 0 spiro atoms. The summed E-state index contributed by atoms with van der Waals surface area (Å²) in [5.74, 6) is 0. The van der Waals surface area contributed by atoms with Crippen molar-refractivity contribution in [2.24, 2.45) is 5.41 Å². The van der Waals surface area contributed by atoms with E-state index in [2.05, 4.69) is 70.0 Å². The van der Waals surface area contributed by atoms with E-state index < -0.39 is 0 Å². The molecule has 0 unspecified atom stereocenters. The van der Waals surface area contributed by atoms with Gasteiger partial charge in [-0.25, -0.2) is 0 Å². The van der Waals surface area contributed by atoms with Gasteiger partial charge in [-0.05, 0) is 62.8 Å². The summed E-state index contributed by atoms with van der Waals surface area (Å²) in [5, 5.41) is 3.57. The normalized spacial score (nSPS) is 18.6. The Morgan fingerprint density at radius 1 is 1.25 bits per heavy atom. The second kappa shape index (κ2) is 5.40. The van der Waals surface area contributed by atoms with Gasteiger partial charge in [0.25, 0.3) is 0 Å². The van der Waals surface area contributed by atoms with Crippen LogP contribution in [0.3, 0.4) is 0 Å². The summed E-state index contributed by atoms with van der Waals surface area (Å²) in [5.41, 5.74) is 4.81. The number of hydrogen-bond donors (Lipinski definition) is 1. The van der Waals surface area contributed by atoms with E-state index in [9.17, 15) is 0 Å². The standard InChI is InChI=1S/C18H30N2/c1-14-11-16(20-10-9-18(5,6)13-20)8-7-15(14)12-19-17(2,3)4/h7-8,11,19H,9-10,12-13H2,1-6H3. The van der Waals surface area contributed by atoms with Crippen molar-refractivity contribution < 1.29 is 0 Å². The Labute approximate surface area is 124 Å². The zero-order chi connectivity index (χ0) is 15.0. The van der Waals surface area contributed by atoms with E-state index in [1.54, 1.807) is 0 Å². The summed E-state index contributed by atoms with van der Waals surface area (Å²) in [6.45, 7) is 16.9. The predicted molar refractivity (Wildman–Crippen MR) is 88.4 cm³/mol. The Kier molecular flexibility index (Phi) is 4.15. The van der Waals surface area contributed by atoms with Gasteiger partial charge in [-0.1, -0.05) is 19.9 Å². The van der Waals surface area contributed by atoms with Gasteiger partial charge in [-0.3, -0.25) is 0 Å². The summed E-state index contributed by atoms with van der Waals surface area (Å²) in [4.78, 5) is 2.52. The van der Waals surface area contributed by atoms with Gasteiger partial charge in [0, 0.05) is 30.9 Å². The van der Waals surface area contributed by atoms with Gasteiger partial charge >= 0.3 is 0 Å². The molecule has 0 amide bonds. The molecule has 0 radical (unpaired) electrons. The minimum atomic E-state index is 0.171. The van der Waals surface area contributed by atoms with Crippen LogP contribution in [-0.2, 0) is 6.54 Å². The molecule has 0 aromatic heterocycles. The molecule has 1 aliphatic rings. The van der Waals surface area contributed by atoms with E-state index in [1.807, 2.05) is 0 Å². The Morgan fingerprint density at radius 3 is 2.45 bits per heavy atom. The fourth-order valence-electron chi connectivity index (χ4n) is 2.77. The molecule has 112 valence electrons. The average molecular weight is 274 g/mol. The zero-order valence-electron chi connectivity index (χ0n) is 14.0. The van der Waals surface area contributed by atoms with E-state index in [-0.39, 0.29) is 5.54 Å². The lowest BCUT2D eigenvalue weighted by Crippen LogP contribution is -2.35. The van der Waals surface area contributed by atoms with Crippen LogP contribution in [-0.4, -0.2) is 18.6 Å². The Hall–Kier alpha value is -1.02. The largest absolute Gasteiger partial charge is 0.371 e. The van der Waals surface area contributed by atoms with Crippen LogP contribution in [0, 0.1) is 12.3 Å². The van der Waals surface area contributed by atoms with Gasteiger partial charge in [0.1, 0.15) is 0 Å². The Morgan fingerprint density at radius 2 is 1.95 bits per heavy atom. The van der Waals surface area contributed by atoms with Crippen molar-refractivity contribution in [1.29, 1.82) is 0 Å². The van der Waals surface area contributed by atoms with Crippen molar-refractivity contribution in [3.05, 3.63) is 29.3 Å². The highest BCUT2D eigenvalue weighted by Gasteiger charge is 2.29. The zero-order valence-corrected chi connectivity index (χ0v) is 14.0. The van der Waals surface area contributed by atoms with Gasteiger partial charge in [0.05, 0.1) is 0 Å². The Balaban J connectivity index is 2.06.